The molecule has 0 fully saturated rings. The number of aryl methyl sites for hydroxylation is 1. The second-order valence-corrected chi connectivity index (χ2v) is 4.60. The van der Waals surface area contributed by atoms with Gasteiger partial charge in [0.2, 0.25) is 5.91 Å². The molecule has 0 heterocycles. The Morgan fingerprint density at radius 3 is 2.47 bits per heavy atom. The topological polar surface area (TPSA) is 98.3 Å². The van der Waals surface area contributed by atoms with Crippen molar-refractivity contribution >= 4 is 17.3 Å². The van der Waals surface area contributed by atoms with E-state index in [1.165, 1.54) is 6.07 Å². The van der Waals surface area contributed by atoms with Gasteiger partial charge in [0.05, 0.1) is 10.5 Å². The van der Waals surface area contributed by atoms with Crippen molar-refractivity contribution in [3.63, 3.8) is 0 Å². The molecule has 6 heteroatoms. The summed E-state index contributed by atoms with van der Waals surface area (Å²) in [5, 5.41) is 13.5. The lowest BCUT2D eigenvalue weighted by Crippen LogP contribution is -2.50. The number of hydrogen-bond donors (Lipinski definition) is 2. The zero-order valence-electron chi connectivity index (χ0n) is 11.4. The van der Waals surface area contributed by atoms with Gasteiger partial charge in [-0.1, -0.05) is 19.9 Å². The predicted molar refractivity (Wildman–Crippen MR) is 74.0 cm³/mol. The molecule has 0 bridgehead atoms. The number of hydrogen-bond acceptors (Lipinski definition) is 4. The first-order valence-corrected chi connectivity index (χ1v) is 6.19. The fourth-order valence-electron chi connectivity index (χ4n) is 1.73. The van der Waals surface area contributed by atoms with Crippen LogP contribution in [0.5, 0.6) is 0 Å². The number of nitro groups is 1. The standard InChI is InChI=1S/C13H19N3O3/c1-4-13(14,5-2)12(17)15-10-8-9(3)6-7-11(10)16(18)19/h6-8H,4-5,14H2,1-3H3,(H,15,17). The van der Waals surface area contributed by atoms with Crippen LogP contribution >= 0.6 is 0 Å². The molecular weight excluding hydrogens is 246 g/mol. The summed E-state index contributed by atoms with van der Waals surface area (Å²) in [6.07, 6.45) is 0.934. The molecule has 19 heavy (non-hydrogen) atoms. The minimum atomic E-state index is -1.00. The molecule has 104 valence electrons. The van der Waals surface area contributed by atoms with Crippen LogP contribution in [-0.2, 0) is 4.79 Å². The van der Waals surface area contributed by atoms with Gasteiger partial charge in [-0.3, -0.25) is 14.9 Å². The molecule has 0 aliphatic heterocycles. The molecule has 1 aromatic carbocycles. The molecule has 0 radical (unpaired) electrons. The molecule has 0 saturated heterocycles. The first kappa shape index (κ1) is 15.1. The fraction of sp³-hybridized carbons (Fsp3) is 0.462. The van der Waals surface area contributed by atoms with Crippen molar-refractivity contribution in [2.75, 3.05) is 5.32 Å². The van der Waals surface area contributed by atoms with Crippen molar-refractivity contribution in [3.8, 4) is 0 Å². The van der Waals surface area contributed by atoms with Crippen LogP contribution in [0.1, 0.15) is 32.3 Å². The minimum Gasteiger partial charge on any atom is -0.319 e. The Hall–Kier alpha value is -1.95. The van der Waals surface area contributed by atoms with E-state index < -0.39 is 16.4 Å². The average Bonchev–Trinajstić information content (AvgIpc) is 2.37. The predicted octanol–water partition coefficient (Wildman–Crippen LogP) is 2.36. The summed E-state index contributed by atoms with van der Waals surface area (Å²) in [4.78, 5) is 22.5. The number of nitrogens with zero attached hydrogens (tertiary/aromatic N) is 1. The first-order chi connectivity index (χ1) is 8.84. The maximum atomic E-state index is 12.1. The lowest BCUT2D eigenvalue weighted by atomic mass is 9.93. The SMILES string of the molecule is CCC(N)(CC)C(=O)Nc1cc(C)ccc1[N+](=O)[O-]. The summed E-state index contributed by atoms with van der Waals surface area (Å²) in [7, 11) is 0. The van der Waals surface area contributed by atoms with E-state index in [9.17, 15) is 14.9 Å². The molecule has 6 nitrogen and oxygen atoms in total. The lowest BCUT2D eigenvalue weighted by Gasteiger charge is -2.25. The zero-order chi connectivity index (χ0) is 14.6. The largest absolute Gasteiger partial charge is 0.319 e. The molecule has 1 amide bonds. The number of carbonyl (C=O) groups excluding carboxylic acids is 1. The molecule has 1 rings (SSSR count). The second kappa shape index (κ2) is 5.79. The van der Waals surface area contributed by atoms with E-state index in [1.807, 2.05) is 13.8 Å². The smallest absolute Gasteiger partial charge is 0.292 e. The van der Waals surface area contributed by atoms with Gasteiger partial charge in [-0.15, -0.1) is 0 Å². The van der Waals surface area contributed by atoms with Gasteiger partial charge in [0.25, 0.3) is 5.69 Å². The molecule has 0 saturated carbocycles. The number of amides is 1. The van der Waals surface area contributed by atoms with Crippen LogP contribution in [-0.4, -0.2) is 16.4 Å². The molecule has 0 spiro atoms. The molecule has 0 aromatic heterocycles. The molecule has 0 aliphatic carbocycles. The summed E-state index contributed by atoms with van der Waals surface area (Å²) >= 11 is 0. The van der Waals surface area contributed by atoms with Crippen LogP contribution < -0.4 is 11.1 Å². The van der Waals surface area contributed by atoms with Crippen LogP contribution in [0.2, 0.25) is 0 Å². The van der Waals surface area contributed by atoms with Crippen molar-refractivity contribution in [3.05, 3.63) is 33.9 Å². The van der Waals surface area contributed by atoms with Gasteiger partial charge >= 0.3 is 0 Å². The van der Waals surface area contributed by atoms with E-state index in [-0.39, 0.29) is 11.4 Å². The highest BCUT2D eigenvalue weighted by Gasteiger charge is 2.31. The third-order valence-corrected chi connectivity index (χ3v) is 3.31. The second-order valence-electron chi connectivity index (χ2n) is 4.60. The highest BCUT2D eigenvalue weighted by atomic mass is 16.6. The lowest BCUT2D eigenvalue weighted by molar-refractivity contribution is -0.383. The number of carbonyl (C=O) groups is 1. The molecule has 0 aliphatic rings. The third-order valence-electron chi connectivity index (χ3n) is 3.31. The van der Waals surface area contributed by atoms with Crippen LogP contribution in [0.3, 0.4) is 0 Å². The molecule has 0 atom stereocenters. The highest BCUT2D eigenvalue weighted by Crippen LogP contribution is 2.26. The number of benzene rings is 1. The van der Waals surface area contributed by atoms with E-state index in [0.29, 0.717) is 12.8 Å². The Bertz CT molecular complexity index is 496. The summed E-state index contributed by atoms with van der Waals surface area (Å²) in [6.45, 7) is 5.43. The normalized spacial score (nSPS) is 11.2. The van der Waals surface area contributed by atoms with Crippen molar-refractivity contribution < 1.29 is 9.72 Å². The maximum absolute atomic E-state index is 12.1. The summed E-state index contributed by atoms with van der Waals surface area (Å²) in [6, 6.07) is 4.58. The number of anilines is 1. The fourth-order valence-corrected chi connectivity index (χ4v) is 1.73. The Morgan fingerprint density at radius 1 is 1.42 bits per heavy atom. The quantitative estimate of drug-likeness (QED) is 0.630. The Balaban J connectivity index is 3.08. The van der Waals surface area contributed by atoms with Crippen molar-refractivity contribution in [1.82, 2.24) is 0 Å². The van der Waals surface area contributed by atoms with Gasteiger partial charge in [-0.2, -0.15) is 0 Å². The molecule has 3 N–H and O–H groups in total. The van der Waals surface area contributed by atoms with Gasteiger partial charge in [0.1, 0.15) is 5.69 Å². The van der Waals surface area contributed by atoms with Gasteiger partial charge < -0.3 is 11.1 Å². The van der Waals surface area contributed by atoms with E-state index in [4.69, 9.17) is 5.73 Å². The van der Waals surface area contributed by atoms with E-state index >= 15 is 0 Å². The average molecular weight is 265 g/mol. The molecule has 0 unspecified atom stereocenters. The zero-order valence-corrected chi connectivity index (χ0v) is 11.4. The van der Waals surface area contributed by atoms with Crippen LogP contribution in [0, 0.1) is 17.0 Å². The summed E-state index contributed by atoms with van der Waals surface area (Å²) in [5.74, 6) is -0.397. The van der Waals surface area contributed by atoms with Crippen molar-refractivity contribution in [1.29, 1.82) is 0 Å². The van der Waals surface area contributed by atoms with Gasteiger partial charge in [0.15, 0.2) is 0 Å². The van der Waals surface area contributed by atoms with Crippen molar-refractivity contribution in [2.45, 2.75) is 39.2 Å². The van der Waals surface area contributed by atoms with Crippen molar-refractivity contribution in [2.24, 2.45) is 5.73 Å². The van der Waals surface area contributed by atoms with Crippen LogP contribution in [0.25, 0.3) is 0 Å². The minimum absolute atomic E-state index is 0.131. The van der Waals surface area contributed by atoms with Crippen LogP contribution in [0.4, 0.5) is 11.4 Å². The van der Waals surface area contributed by atoms with E-state index in [2.05, 4.69) is 5.32 Å². The Kier molecular flexibility index (Phi) is 4.61. The first-order valence-electron chi connectivity index (χ1n) is 6.19. The monoisotopic (exact) mass is 265 g/mol. The maximum Gasteiger partial charge on any atom is 0.292 e. The Morgan fingerprint density at radius 2 is 2.00 bits per heavy atom. The molecule has 1 aromatic rings. The summed E-state index contributed by atoms with van der Waals surface area (Å²) < 4.78 is 0. The third kappa shape index (κ3) is 3.29. The number of nitro benzene ring substituents is 1. The highest BCUT2D eigenvalue weighted by molar-refractivity contribution is 5.99. The summed E-state index contributed by atoms with van der Waals surface area (Å²) in [5.41, 5.74) is 5.85. The number of rotatable bonds is 5. The number of nitrogens with one attached hydrogen (secondary N) is 1. The van der Waals surface area contributed by atoms with E-state index in [0.717, 1.165) is 5.56 Å². The Labute approximate surface area is 112 Å². The van der Waals surface area contributed by atoms with E-state index in [1.54, 1.807) is 19.1 Å². The van der Waals surface area contributed by atoms with Gasteiger partial charge in [-0.25, -0.2) is 0 Å². The number of nitrogens with two attached hydrogens (primary N) is 1. The molecular formula is C13H19N3O3. The van der Waals surface area contributed by atoms with Gasteiger partial charge in [0, 0.05) is 6.07 Å². The van der Waals surface area contributed by atoms with Crippen LogP contribution in [0.15, 0.2) is 18.2 Å². The van der Waals surface area contributed by atoms with Gasteiger partial charge in [-0.05, 0) is 31.4 Å².